The fourth-order valence-electron chi connectivity index (χ4n) is 3.46. The number of methoxy groups -OCH3 is 1. The minimum Gasteiger partial charge on any atom is -0.493 e. The van der Waals surface area contributed by atoms with Crippen LogP contribution in [0.5, 0.6) is 11.5 Å². The molecule has 1 fully saturated rings. The first-order chi connectivity index (χ1) is 18.2. The van der Waals surface area contributed by atoms with E-state index < -0.39 is 22.9 Å². The summed E-state index contributed by atoms with van der Waals surface area (Å²) in [5, 5.41) is 2.87. The molecule has 3 aromatic carbocycles. The molecule has 0 bridgehead atoms. The second-order valence-electron chi connectivity index (χ2n) is 7.85. The molecule has 38 heavy (non-hydrogen) atoms. The lowest BCUT2D eigenvalue weighted by atomic mass is 10.1. The van der Waals surface area contributed by atoms with Crippen LogP contribution in [0.1, 0.15) is 11.1 Å². The van der Waals surface area contributed by atoms with E-state index in [9.17, 15) is 18.8 Å². The molecule has 4 rings (SSSR count). The summed E-state index contributed by atoms with van der Waals surface area (Å²) in [7, 11) is 1.39. The number of amides is 3. The van der Waals surface area contributed by atoms with Crippen LogP contribution in [-0.4, -0.2) is 35.7 Å². The number of rotatable bonds is 8. The molecule has 1 heterocycles. The average molecular weight is 596 g/mol. The first-order valence-corrected chi connectivity index (χ1v) is 12.9. The van der Waals surface area contributed by atoms with Crippen molar-refractivity contribution in [2.45, 2.75) is 6.54 Å². The van der Waals surface area contributed by atoms with E-state index in [0.717, 1.165) is 4.90 Å². The van der Waals surface area contributed by atoms with Crippen molar-refractivity contribution >= 4 is 75.4 Å². The summed E-state index contributed by atoms with van der Waals surface area (Å²) in [6.45, 7) is -0.655. The van der Waals surface area contributed by atoms with Gasteiger partial charge in [0, 0.05) is 21.3 Å². The molecule has 1 N–H and O–H groups in total. The smallest absolute Gasteiger partial charge is 0.293 e. The first-order valence-electron chi connectivity index (χ1n) is 10.9. The van der Waals surface area contributed by atoms with E-state index in [4.69, 9.17) is 44.3 Å². The van der Waals surface area contributed by atoms with Crippen molar-refractivity contribution in [3.05, 3.63) is 91.5 Å². The molecule has 1 saturated heterocycles. The van der Waals surface area contributed by atoms with E-state index in [-0.39, 0.29) is 45.2 Å². The van der Waals surface area contributed by atoms with Crippen LogP contribution in [0.3, 0.4) is 0 Å². The number of imide groups is 1. The fourth-order valence-corrected chi connectivity index (χ4v) is 4.92. The quantitative estimate of drug-likeness (QED) is 0.281. The van der Waals surface area contributed by atoms with E-state index in [1.165, 1.54) is 37.5 Å². The van der Waals surface area contributed by atoms with Gasteiger partial charge in [-0.3, -0.25) is 19.3 Å². The minimum absolute atomic E-state index is 0.0454. The normalized spacial score (nSPS) is 14.2. The Kier molecular flexibility index (Phi) is 8.83. The lowest BCUT2D eigenvalue weighted by Gasteiger charge is -2.14. The number of carbonyl (C=O) groups is 3. The number of nitrogens with one attached hydrogen (secondary N) is 1. The van der Waals surface area contributed by atoms with Gasteiger partial charge in [-0.25, -0.2) is 4.39 Å². The molecule has 1 aliphatic heterocycles. The van der Waals surface area contributed by atoms with Crippen LogP contribution in [0.25, 0.3) is 6.08 Å². The second kappa shape index (κ2) is 12.1. The highest BCUT2D eigenvalue weighted by Gasteiger charge is 2.36. The van der Waals surface area contributed by atoms with Crippen molar-refractivity contribution in [1.82, 2.24) is 4.90 Å². The minimum atomic E-state index is -0.616. The molecule has 0 saturated carbocycles. The number of benzene rings is 3. The van der Waals surface area contributed by atoms with Crippen LogP contribution in [0.2, 0.25) is 15.1 Å². The van der Waals surface area contributed by atoms with E-state index >= 15 is 0 Å². The van der Waals surface area contributed by atoms with Crippen molar-refractivity contribution in [2.24, 2.45) is 0 Å². The maximum atomic E-state index is 14.2. The Morgan fingerprint density at radius 3 is 2.50 bits per heavy atom. The Morgan fingerprint density at radius 2 is 1.82 bits per heavy atom. The number of nitrogens with zero attached hydrogens (tertiary/aromatic N) is 1. The van der Waals surface area contributed by atoms with Crippen LogP contribution >= 0.6 is 46.6 Å². The van der Waals surface area contributed by atoms with Crippen LogP contribution in [0, 0.1) is 5.82 Å². The summed E-state index contributed by atoms with van der Waals surface area (Å²) >= 11 is 19.0. The van der Waals surface area contributed by atoms with Gasteiger partial charge >= 0.3 is 0 Å². The number of halogens is 4. The molecule has 7 nitrogen and oxygen atoms in total. The van der Waals surface area contributed by atoms with E-state index in [0.29, 0.717) is 28.0 Å². The lowest BCUT2D eigenvalue weighted by molar-refractivity contribution is -0.123. The van der Waals surface area contributed by atoms with E-state index in [1.54, 1.807) is 30.3 Å². The van der Waals surface area contributed by atoms with Gasteiger partial charge in [0.05, 0.1) is 23.6 Å². The van der Waals surface area contributed by atoms with Crippen LogP contribution in [0.4, 0.5) is 14.9 Å². The summed E-state index contributed by atoms with van der Waals surface area (Å²) in [6, 6.07) is 13.7. The Morgan fingerprint density at radius 1 is 1.08 bits per heavy atom. The predicted octanol–water partition coefficient (Wildman–Crippen LogP) is 7.05. The van der Waals surface area contributed by atoms with Gasteiger partial charge < -0.3 is 14.8 Å². The van der Waals surface area contributed by atoms with Gasteiger partial charge in [0.1, 0.15) is 5.82 Å². The molecule has 196 valence electrons. The monoisotopic (exact) mass is 594 g/mol. The molecular weight excluding hydrogens is 578 g/mol. The molecular formula is C26H18Cl3FN2O5S. The predicted molar refractivity (Wildman–Crippen MR) is 147 cm³/mol. The molecule has 0 unspecified atom stereocenters. The van der Waals surface area contributed by atoms with Crippen molar-refractivity contribution in [3.8, 4) is 11.5 Å². The van der Waals surface area contributed by atoms with E-state index in [2.05, 4.69) is 5.32 Å². The zero-order valence-electron chi connectivity index (χ0n) is 19.6. The topological polar surface area (TPSA) is 84.9 Å². The fraction of sp³-hybridized carbons (Fsp3) is 0.115. The Bertz CT molecular complexity index is 1430. The largest absolute Gasteiger partial charge is 0.493 e. The number of anilines is 1. The number of ether oxygens (including phenoxy) is 2. The van der Waals surface area contributed by atoms with Gasteiger partial charge in [-0.1, -0.05) is 40.9 Å². The average Bonchev–Trinajstić information content (AvgIpc) is 3.13. The molecule has 3 aromatic rings. The Labute approximate surface area is 236 Å². The molecule has 0 spiro atoms. The maximum absolute atomic E-state index is 14.2. The summed E-state index contributed by atoms with van der Waals surface area (Å²) in [5.41, 5.74) is 1.03. The van der Waals surface area contributed by atoms with Crippen molar-refractivity contribution < 1.29 is 28.2 Å². The van der Waals surface area contributed by atoms with Gasteiger partial charge in [-0.2, -0.15) is 0 Å². The summed E-state index contributed by atoms with van der Waals surface area (Å²) in [5.74, 6) is -1.32. The van der Waals surface area contributed by atoms with Crippen LogP contribution in [0.15, 0.2) is 59.5 Å². The van der Waals surface area contributed by atoms with Crippen molar-refractivity contribution in [2.75, 3.05) is 19.0 Å². The zero-order chi connectivity index (χ0) is 27.4. The van der Waals surface area contributed by atoms with Gasteiger partial charge in [0.25, 0.3) is 17.1 Å². The van der Waals surface area contributed by atoms with Crippen molar-refractivity contribution in [3.63, 3.8) is 0 Å². The standard InChI is InChI=1S/C26H18Cl3FN2O5S/c1-36-21-10-14(9-19(29)24(21)37-13-23(33)31-16-7-5-15(27)6-8-16)11-22-25(34)32(26(35)38-22)12-17-18(28)3-2-4-20(17)30/h2-11H,12-13H2,1H3,(H,31,33)/b22-11-. The van der Waals surface area contributed by atoms with Crippen molar-refractivity contribution in [1.29, 1.82) is 0 Å². The van der Waals surface area contributed by atoms with Gasteiger partial charge in [-0.15, -0.1) is 0 Å². The summed E-state index contributed by atoms with van der Waals surface area (Å²) in [4.78, 5) is 38.7. The summed E-state index contributed by atoms with van der Waals surface area (Å²) < 4.78 is 25.1. The molecule has 0 atom stereocenters. The molecule has 1 aliphatic rings. The molecule has 3 amide bonds. The van der Waals surface area contributed by atoms with Crippen LogP contribution in [-0.2, 0) is 16.1 Å². The highest BCUT2D eigenvalue weighted by Crippen LogP contribution is 2.39. The third-order valence-electron chi connectivity index (χ3n) is 5.28. The number of carbonyl (C=O) groups excluding carboxylic acids is 3. The van der Waals surface area contributed by atoms with E-state index in [1.807, 2.05) is 0 Å². The highest BCUT2D eigenvalue weighted by atomic mass is 35.5. The zero-order valence-corrected chi connectivity index (χ0v) is 22.7. The number of hydrogen-bond donors (Lipinski definition) is 1. The summed E-state index contributed by atoms with van der Waals surface area (Å²) in [6.07, 6.45) is 1.46. The first kappa shape index (κ1) is 27.8. The number of thioether (sulfide) groups is 1. The van der Waals surface area contributed by atoms with Gasteiger partial charge in [-0.05, 0) is 71.9 Å². The van der Waals surface area contributed by atoms with Gasteiger partial charge in [0.2, 0.25) is 0 Å². The molecule has 0 aromatic heterocycles. The van der Waals surface area contributed by atoms with Crippen LogP contribution < -0.4 is 14.8 Å². The maximum Gasteiger partial charge on any atom is 0.293 e. The molecule has 0 radical (unpaired) electrons. The molecule has 0 aliphatic carbocycles. The third kappa shape index (κ3) is 6.42. The lowest BCUT2D eigenvalue weighted by Crippen LogP contribution is -2.28. The number of hydrogen-bond acceptors (Lipinski definition) is 6. The Hall–Kier alpha value is -3.24. The highest BCUT2D eigenvalue weighted by molar-refractivity contribution is 8.18. The third-order valence-corrected chi connectivity index (χ3v) is 7.07. The Balaban J connectivity index is 1.48. The second-order valence-corrected chi connectivity index (χ2v) is 10.1. The SMILES string of the molecule is COc1cc(/C=C2\SC(=O)N(Cc3c(F)cccc3Cl)C2=O)cc(Cl)c1OCC(=O)Nc1ccc(Cl)cc1. The van der Waals surface area contributed by atoms with Gasteiger partial charge in [0.15, 0.2) is 18.1 Å². The molecule has 12 heteroatoms.